The van der Waals surface area contributed by atoms with Gasteiger partial charge in [-0.1, -0.05) is 6.07 Å². The first-order valence-electron chi connectivity index (χ1n) is 11.0. The zero-order valence-electron chi connectivity index (χ0n) is 18.1. The van der Waals surface area contributed by atoms with E-state index in [0.717, 1.165) is 30.5 Å². The molecule has 1 saturated heterocycles. The molecule has 0 bridgehead atoms. The van der Waals surface area contributed by atoms with Crippen molar-refractivity contribution in [2.45, 2.75) is 30.8 Å². The second kappa shape index (κ2) is 9.24. The Morgan fingerprint density at radius 2 is 1.76 bits per heavy atom. The molecule has 1 aromatic heterocycles. The predicted octanol–water partition coefficient (Wildman–Crippen LogP) is 3.36. The second-order valence-corrected chi connectivity index (χ2v) is 10.9. The lowest BCUT2D eigenvalue weighted by Gasteiger charge is -2.34. The number of carbonyl (C=O) groups is 1. The largest absolute Gasteiger partial charge is 0.487 e. The fourth-order valence-electron chi connectivity index (χ4n) is 4.33. The van der Waals surface area contributed by atoms with Crippen LogP contribution in [0.15, 0.2) is 58.3 Å². The summed E-state index contributed by atoms with van der Waals surface area (Å²) >= 11 is 1.52. The van der Waals surface area contributed by atoms with Gasteiger partial charge in [0.1, 0.15) is 12.4 Å². The van der Waals surface area contributed by atoms with Crippen LogP contribution in [0.3, 0.4) is 0 Å². The van der Waals surface area contributed by atoms with E-state index in [0.29, 0.717) is 49.0 Å². The quantitative estimate of drug-likeness (QED) is 0.537. The highest BCUT2D eigenvalue weighted by Crippen LogP contribution is 2.27. The number of ether oxygens (including phenoxy) is 1. The lowest BCUT2D eigenvalue weighted by molar-refractivity contribution is 0.0698. The Kier molecular flexibility index (Phi) is 6.18. The first kappa shape index (κ1) is 22.1. The summed E-state index contributed by atoms with van der Waals surface area (Å²) in [6.07, 6.45) is 3.05. The summed E-state index contributed by atoms with van der Waals surface area (Å²) in [6.45, 7) is 1.70. The van der Waals surface area contributed by atoms with Crippen LogP contribution in [-0.2, 0) is 29.5 Å². The molecule has 1 aliphatic heterocycles. The normalized spacial score (nSPS) is 16.5. The zero-order valence-corrected chi connectivity index (χ0v) is 19.8. The number of thiazole rings is 1. The molecule has 2 aliphatic rings. The van der Waals surface area contributed by atoms with E-state index in [1.165, 1.54) is 21.2 Å². The van der Waals surface area contributed by atoms with Gasteiger partial charge in [-0.2, -0.15) is 4.31 Å². The Morgan fingerprint density at radius 3 is 2.48 bits per heavy atom. The van der Waals surface area contributed by atoms with Crippen molar-refractivity contribution in [1.82, 2.24) is 14.2 Å². The van der Waals surface area contributed by atoms with Gasteiger partial charge in [-0.05, 0) is 66.8 Å². The van der Waals surface area contributed by atoms with E-state index >= 15 is 0 Å². The Bertz CT molecular complexity index is 1230. The fourth-order valence-corrected chi connectivity index (χ4v) is 6.35. The summed E-state index contributed by atoms with van der Waals surface area (Å²) in [5.74, 6) is 0.570. The summed E-state index contributed by atoms with van der Waals surface area (Å²) in [4.78, 5) is 19.2. The van der Waals surface area contributed by atoms with Gasteiger partial charge in [0.15, 0.2) is 0 Å². The summed E-state index contributed by atoms with van der Waals surface area (Å²) in [5.41, 5.74) is 5.59. The van der Waals surface area contributed by atoms with Gasteiger partial charge >= 0.3 is 0 Å². The third-order valence-corrected chi connectivity index (χ3v) is 8.73. The SMILES string of the molecule is O=C(c1ccc(OCc2cscn2)cc1)N1CCN(S(=O)(=O)c2ccc3c(c2)CCC3)CC1. The number of piperazine rings is 1. The van der Waals surface area contributed by atoms with Crippen LogP contribution in [-0.4, -0.2) is 54.7 Å². The maximum Gasteiger partial charge on any atom is 0.253 e. The molecule has 7 nitrogen and oxygen atoms in total. The minimum absolute atomic E-state index is 0.101. The van der Waals surface area contributed by atoms with E-state index in [2.05, 4.69) is 4.98 Å². The molecule has 0 unspecified atom stereocenters. The number of sulfonamides is 1. The van der Waals surface area contributed by atoms with Gasteiger partial charge in [0.05, 0.1) is 16.1 Å². The second-order valence-electron chi connectivity index (χ2n) is 8.27. The van der Waals surface area contributed by atoms with Gasteiger partial charge in [-0.15, -0.1) is 11.3 Å². The molecule has 172 valence electrons. The predicted molar refractivity (Wildman–Crippen MR) is 126 cm³/mol. The molecule has 3 aromatic rings. The van der Waals surface area contributed by atoms with Gasteiger partial charge < -0.3 is 9.64 Å². The molecule has 0 N–H and O–H groups in total. The van der Waals surface area contributed by atoms with E-state index in [1.54, 1.807) is 40.7 Å². The van der Waals surface area contributed by atoms with E-state index in [9.17, 15) is 13.2 Å². The summed E-state index contributed by atoms with van der Waals surface area (Å²) < 4.78 is 33.4. The van der Waals surface area contributed by atoms with Gasteiger partial charge in [0.2, 0.25) is 10.0 Å². The van der Waals surface area contributed by atoms with Crippen molar-refractivity contribution in [3.8, 4) is 5.75 Å². The molecule has 1 amide bonds. The molecule has 1 fully saturated rings. The number of hydrogen-bond acceptors (Lipinski definition) is 6. The molecule has 33 heavy (non-hydrogen) atoms. The van der Waals surface area contributed by atoms with Crippen LogP contribution in [0.25, 0.3) is 0 Å². The summed E-state index contributed by atoms with van der Waals surface area (Å²) in [7, 11) is -3.55. The number of hydrogen-bond donors (Lipinski definition) is 0. The van der Waals surface area contributed by atoms with E-state index < -0.39 is 10.0 Å². The lowest BCUT2D eigenvalue weighted by Crippen LogP contribution is -2.50. The molecule has 1 aliphatic carbocycles. The molecule has 0 radical (unpaired) electrons. The number of amides is 1. The first-order valence-corrected chi connectivity index (χ1v) is 13.4. The highest BCUT2D eigenvalue weighted by atomic mass is 32.2. The average Bonchev–Trinajstić information content (AvgIpc) is 3.54. The molecule has 2 aromatic carbocycles. The minimum atomic E-state index is -3.55. The number of fused-ring (bicyclic) bond motifs is 1. The number of rotatable bonds is 6. The van der Waals surface area contributed by atoms with Crippen molar-refractivity contribution in [2.24, 2.45) is 0 Å². The Morgan fingerprint density at radius 1 is 1.00 bits per heavy atom. The molecule has 0 spiro atoms. The molecule has 0 atom stereocenters. The van der Waals surface area contributed by atoms with Crippen molar-refractivity contribution in [3.05, 3.63) is 75.7 Å². The third kappa shape index (κ3) is 4.66. The van der Waals surface area contributed by atoms with Crippen molar-refractivity contribution >= 4 is 27.3 Å². The van der Waals surface area contributed by atoms with Crippen molar-refractivity contribution in [2.75, 3.05) is 26.2 Å². The molecule has 2 heterocycles. The average molecular weight is 484 g/mol. The zero-order chi connectivity index (χ0) is 22.8. The summed E-state index contributed by atoms with van der Waals surface area (Å²) in [6, 6.07) is 12.5. The fraction of sp³-hybridized carbons (Fsp3) is 0.333. The third-order valence-electron chi connectivity index (χ3n) is 6.21. The molecule has 9 heteroatoms. The van der Waals surface area contributed by atoms with Gasteiger partial charge in [0, 0.05) is 37.1 Å². The number of aryl methyl sites for hydroxylation is 2. The van der Waals surface area contributed by atoms with Crippen molar-refractivity contribution < 1.29 is 17.9 Å². The van der Waals surface area contributed by atoms with Gasteiger partial charge in [-0.25, -0.2) is 13.4 Å². The topological polar surface area (TPSA) is 79.8 Å². The molecular weight excluding hydrogens is 458 g/mol. The first-order chi connectivity index (χ1) is 16.0. The minimum Gasteiger partial charge on any atom is -0.487 e. The van der Waals surface area contributed by atoms with Crippen LogP contribution in [0.1, 0.15) is 33.6 Å². The maximum absolute atomic E-state index is 13.1. The molecular formula is C24H25N3O4S2. The highest BCUT2D eigenvalue weighted by Gasteiger charge is 2.31. The van der Waals surface area contributed by atoms with E-state index in [-0.39, 0.29) is 5.91 Å². The standard InChI is InChI=1S/C24H25N3O4S2/c28-24(19-4-7-22(8-5-19)31-15-21-16-32-17-25-21)26-10-12-27(13-11-26)33(29,30)23-9-6-18-2-1-3-20(18)14-23/h4-9,14,16-17H,1-3,10-13,15H2. The van der Waals surface area contributed by atoms with Gasteiger partial charge in [0.25, 0.3) is 5.91 Å². The van der Waals surface area contributed by atoms with Crippen LogP contribution in [0, 0.1) is 0 Å². The number of aromatic nitrogens is 1. The Labute approximate surface area is 197 Å². The highest BCUT2D eigenvalue weighted by molar-refractivity contribution is 7.89. The summed E-state index contributed by atoms with van der Waals surface area (Å²) in [5, 5.41) is 1.93. The molecule has 5 rings (SSSR count). The van der Waals surface area contributed by atoms with E-state index in [1.807, 2.05) is 17.5 Å². The van der Waals surface area contributed by atoms with Crippen LogP contribution in [0.4, 0.5) is 0 Å². The Balaban J connectivity index is 1.18. The van der Waals surface area contributed by atoms with Crippen LogP contribution >= 0.6 is 11.3 Å². The Hall–Kier alpha value is -2.75. The number of carbonyl (C=O) groups excluding carboxylic acids is 1. The van der Waals surface area contributed by atoms with Crippen molar-refractivity contribution in [1.29, 1.82) is 0 Å². The lowest BCUT2D eigenvalue weighted by atomic mass is 10.1. The number of benzene rings is 2. The van der Waals surface area contributed by atoms with Gasteiger partial charge in [-0.3, -0.25) is 4.79 Å². The maximum atomic E-state index is 13.1. The van der Waals surface area contributed by atoms with Crippen LogP contribution < -0.4 is 4.74 Å². The smallest absolute Gasteiger partial charge is 0.253 e. The monoisotopic (exact) mass is 483 g/mol. The van der Waals surface area contributed by atoms with Crippen LogP contribution in [0.5, 0.6) is 5.75 Å². The van der Waals surface area contributed by atoms with Crippen LogP contribution in [0.2, 0.25) is 0 Å². The number of nitrogens with zero attached hydrogens (tertiary/aromatic N) is 3. The molecule has 0 saturated carbocycles. The van der Waals surface area contributed by atoms with E-state index in [4.69, 9.17) is 4.74 Å². The van der Waals surface area contributed by atoms with Crippen molar-refractivity contribution in [3.63, 3.8) is 0 Å².